The minimum Gasteiger partial charge on any atom is -0.497 e. The van der Waals surface area contributed by atoms with Crippen LogP contribution in [0.4, 0.5) is 5.82 Å². The van der Waals surface area contributed by atoms with E-state index >= 15 is 0 Å². The fourth-order valence-electron chi connectivity index (χ4n) is 5.51. The van der Waals surface area contributed by atoms with Crippen molar-refractivity contribution in [2.24, 2.45) is 5.41 Å². The highest BCUT2D eigenvalue weighted by Crippen LogP contribution is 2.43. The Morgan fingerprint density at radius 1 is 0.933 bits per heavy atom. The van der Waals surface area contributed by atoms with Crippen molar-refractivity contribution in [3.05, 3.63) is 35.9 Å². The van der Waals surface area contributed by atoms with E-state index in [1.54, 1.807) is 7.11 Å². The van der Waals surface area contributed by atoms with Gasteiger partial charge in [0.1, 0.15) is 5.75 Å². The summed E-state index contributed by atoms with van der Waals surface area (Å²) in [6.07, 6.45) is 9.69. The predicted octanol–water partition coefficient (Wildman–Crippen LogP) is 4.70. The van der Waals surface area contributed by atoms with Crippen molar-refractivity contribution in [3.63, 3.8) is 0 Å². The third-order valence-corrected chi connectivity index (χ3v) is 7.96. The molecule has 0 atom stereocenters. The Morgan fingerprint density at radius 2 is 1.67 bits per heavy atom. The molecule has 2 saturated heterocycles. The lowest BCUT2D eigenvalue weighted by atomic mass is 9.70. The van der Waals surface area contributed by atoms with E-state index in [9.17, 15) is 0 Å². The van der Waals surface area contributed by atoms with E-state index in [-0.39, 0.29) is 0 Å². The number of piperidine rings is 2. The predicted molar refractivity (Wildman–Crippen MR) is 121 cm³/mol. The van der Waals surface area contributed by atoms with Crippen molar-refractivity contribution >= 4 is 5.82 Å². The van der Waals surface area contributed by atoms with Gasteiger partial charge >= 0.3 is 0 Å². The fourth-order valence-corrected chi connectivity index (χ4v) is 5.51. The summed E-state index contributed by atoms with van der Waals surface area (Å²) in [5.41, 5.74) is 3.77. The molecular weight excluding hydrogens is 372 g/mol. The summed E-state index contributed by atoms with van der Waals surface area (Å²) in [4.78, 5) is 5.20. The van der Waals surface area contributed by atoms with Crippen LogP contribution in [0.25, 0.3) is 11.3 Å². The average Bonchev–Trinajstić information content (AvgIpc) is 2.75. The molecule has 0 amide bonds. The Hall–Kier alpha value is -2.14. The van der Waals surface area contributed by atoms with Crippen molar-refractivity contribution < 1.29 is 4.74 Å². The van der Waals surface area contributed by atoms with Crippen molar-refractivity contribution in [2.75, 3.05) is 38.2 Å². The number of aromatic nitrogens is 2. The van der Waals surface area contributed by atoms with Crippen LogP contribution in [0.2, 0.25) is 0 Å². The zero-order valence-corrected chi connectivity index (χ0v) is 18.4. The number of anilines is 1. The topological polar surface area (TPSA) is 41.5 Å². The number of aryl methyl sites for hydroxylation is 1. The van der Waals surface area contributed by atoms with E-state index in [2.05, 4.69) is 45.1 Å². The quantitative estimate of drug-likeness (QED) is 0.736. The summed E-state index contributed by atoms with van der Waals surface area (Å²) in [6.45, 7) is 6.95. The Balaban J connectivity index is 1.20. The molecule has 0 radical (unpaired) electrons. The first-order chi connectivity index (χ1) is 14.7. The molecule has 5 rings (SSSR count). The molecule has 3 fully saturated rings. The van der Waals surface area contributed by atoms with Crippen LogP contribution in [0.5, 0.6) is 5.75 Å². The maximum Gasteiger partial charge on any atom is 0.151 e. The van der Waals surface area contributed by atoms with Gasteiger partial charge in [-0.1, -0.05) is 6.42 Å². The molecule has 0 unspecified atom stereocenters. The van der Waals surface area contributed by atoms with Gasteiger partial charge in [-0.15, -0.1) is 10.2 Å². The van der Waals surface area contributed by atoms with E-state index in [4.69, 9.17) is 4.74 Å². The minimum absolute atomic E-state index is 0.574. The Labute approximate surface area is 180 Å². The van der Waals surface area contributed by atoms with Gasteiger partial charge in [-0.25, -0.2) is 0 Å². The summed E-state index contributed by atoms with van der Waals surface area (Å²) >= 11 is 0. The van der Waals surface area contributed by atoms with Gasteiger partial charge in [0.05, 0.1) is 12.8 Å². The van der Waals surface area contributed by atoms with Crippen molar-refractivity contribution in [1.82, 2.24) is 15.1 Å². The van der Waals surface area contributed by atoms with Gasteiger partial charge in [0.15, 0.2) is 5.82 Å². The van der Waals surface area contributed by atoms with Crippen LogP contribution in [-0.4, -0.2) is 54.4 Å². The van der Waals surface area contributed by atoms with Gasteiger partial charge in [0.25, 0.3) is 0 Å². The molecule has 0 N–H and O–H groups in total. The molecule has 160 valence electrons. The number of ether oxygens (including phenoxy) is 1. The van der Waals surface area contributed by atoms with E-state index < -0.39 is 0 Å². The molecule has 5 nitrogen and oxygen atoms in total. The molecule has 2 aromatic rings. The summed E-state index contributed by atoms with van der Waals surface area (Å²) in [6, 6.07) is 11.3. The van der Waals surface area contributed by atoms with Gasteiger partial charge in [-0.05, 0) is 99.8 Å². The maximum absolute atomic E-state index is 5.31. The highest BCUT2D eigenvalue weighted by atomic mass is 16.5. The lowest BCUT2D eigenvalue weighted by molar-refractivity contribution is 0.0305. The summed E-state index contributed by atoms with van der Waals surface area (Å²) in [5.74, 6) is 1.90. The third-order valence-electron chi connectivity index (χ3n) is 7.96. The molecule has 30 heavy (non-hydrogen) atoms. The largest absolute Gasteiger partial charge is 0.497 e. The molecule has 1 aromatic carbocycles. The minimum atomic E-state index is 0.574. The first kappa shape index (κ1) is 19.8. The zero-order chi connectivity index (χ0) is 20.6. The van der Waals surface area contributed by atoms with Crippen LogP contribution < -0.4 is 9.64 Å². The molecule has 3 heterocycles. The fraction of sp³-hybridized carbons (Fsp3) is 0.600. The summed E-state index contributed by atoms with van der Waals surface area (Å²) in [5, 5.41) is 9.14. The smallest absolute Gasteiger partial charge is 0.151 e. The molecule has 1 aromatic heterocycles. The normalized spacial score (nSPS) is 22.1. The van der Waals surface area contributed by atoms with Crippen LogP contribution in [-0.2, 0) is 0 Å². The number of hydrogen-bond acceptors (Lipinski definition) is 5. The average molecular weight is 407 g/mol. The van der Waals surface area contributed by atoms with E-state index in [0.29, 0.717) is 5.41 Å². The number of hydrogen-bond donors (Lipinski definition) is 0. The first-order valence-electron chi connectivity index (χ1n) is 11.6. The number of methoxy groups -OCH3 is 1. The summed E-state index contributed by atoms with van der Waals surface area (Å²) < 4.78 is 5.31. The summed E-state index contributed by atoms with van der Waals surface area (Å²) in [7, 11) is 1.70. The standard InChI is InChI=1S/C25H34N4O/c1-19-18-21(30-2)6-7-22(19)23-8-9-24(27-26-23)29-16-12-25(13-17-29)10-14-28(15-11-25)20-4-3-5-20/h6-9,18,20H,3-5,10-17H2,1-2H3. The molecule has 1 aliphatic carbocycles. The molecule has 0 bridgehead atoms. The van der Waals surface area contributed by atoms with E-state index in [0.717, 1.165) is 47.5 Å². The second-order valence-corrected chi connectivity index (χ2v) is 9.57. The van der Waals surface area contributed by atoms with Crippen LogP contribution >= 0.6 is 0 Å². The van der Waals surface area contributed by atoms with Crippen LogP contribution in [0.3, 0.4) is 0 Å². The highest BCUT2D eigenvalue weighted by molar-refractivity contribution is 5.65. The van der Waals surface area contributed by atoms with Gasteiger partial charge in [-0.3, -0.25) is 0 Å². The first-order valence-corrected chi connectivity index (χ1v) is 11.6. The van der Waals surface area contributed by atoms with Gasteiger partial charge < -0.3 is 14.5 Å². The van der Waals surface area contributed by atoms with E-state index in [1.165, 1.54) is 58.0 Å². The van der Waals surface area contributed by atoms with Gasteiger partial charge in [0, 0.05) is 24.7 Å². The van der Waals surface area contributed by atoms with Crippen LogP contribution in [0.1, 0.15) is 50.5 Å². The van der Waals surface area contributed by atoms with Crippen molar-refractivity contribution in [1.29, 1.82) is 0 Å². The van der Waals surface area contributed by atoms with Crippen LogP contribution in [0, 0.1) is 12.3 Å². The number of likely N-dealkylation sites (tertiary alicyclic amines) is 1. The second kappa shape index (κ2) is 8.18. The number of benzene rings is 1. The zero-order valence-electron chi connectivity index (χ0n) is 18.4. The second-order valence-electron chi connectivity index (χ2n) is 9.57. The molecule has 5 heteroatoms. The Morgan fingerprint density at radius 3 is 2.23 bits per heavy atom. The highest BCUT2D eigenvalue weighted by Gasteiger charge is 2.39. The SMILES string of the molecule is COc1ccc(-c2ccc(N3CCC4(CC3)CCN(C3CCC3)CC4)nn2)c(C)c1. The number of nitrogens with zero attached hydrogens (tertiary/aromatic N) is 4. The Bertz CT molecular complexity index is 859. The molecule has 1 spiro atoms. The lowest BCUT2D eigenvalue weighted by Crippen LogP contribution is -2.51. The number of rotatable bonds is 4. The molecular formula is C25H34N4O. The van der Waals surface area contributed by atoms with Gasteiger partial charge in [0.2, 0.25) is 0 Å². The Kier molecular flexibility index (Phi) is 5.40. The van der Waals surface area contributed by atoms with Crippen LogP contribution in [0.15, 0.2) is 30.3 Å². The van der Waals surface area contributed by atoms with Crippen molar-refractivity contribution in [2.45, 2.75) is 57.9 Å². The van der Waals surface area contributed by atoms with Gasteiger partial charge in [-0.2, -0.15) is 0 Å². The maximum atomic E-state index is 5.31. The monoisotopic (exact) mass is 406 g/mol. The third kappa shape index (κ3) is 3.80. The lowest BCUT2D eigenvalue weighted by Gasteiger charge is -2.50. The van der Waals surface area contributed by atoms with Crippen molar-refractivity contribution in [3.8, 4) is 17.0 Å². The van der Waals surface area contributed by atoms with E-state index in [1.807, 2.05) is 12.1 Å². The molecule has 2 aliphatic heterocycles. The molecule has 1 saturated carbocycles. The molecule has 3 aliphatic rings.